The van der Waals surface area contributed by atoms with Gasteiger partial charge in [0, 0.05) is 31.7 Å². The van der Waals surface area contributed by atoms with E-state index < -0.39 is 16.1 Å². The highest BCUT2D eigenvalue weighted by atomic mass is 32.2. The molecular formula is C18H25N5O3S2. The predicted molar refractivity (Wildman–Crippen MR) is 110 cm³/mol. The summed E-state index contributed by atoms with van der Waals surface area (Å²) in [4.78, 5) is 13.4. The Bertz CT molecular complexity index is 927. The van der Waals surface area contributed by atoms with Gasteiger partial charge in [0.25, 0.3) is 10.0 Å². The third-order valence-corrected chi connectivity index (χ3v) is 7.41. The van der Waals surface area contributed by atoms with Crippen LogP contribution in [0, 0.1) is 5.92 Å². The first-order chi connectivity index (χ1) is 13.2. The number of sulfonamides is 1. The van der Waals surface area contributed by atoms with Gasteiger partial charge in [0.2, 0.25) is 15.4 Å². The minimum atomic E-state index is -3.83. The fourth-order valence-electron chi connectivity index (χ4n) is 3.27. The molecule has 1 aliphatic heterocycles. The number of nitrogens with one attached hydrogen (secondary N) is 2. The van der Waals surface area contributed by atoms with Crippen LogP contribution >= 0.6 is 11.3 Å². The summed E-state index contributed by atoms with van der Waals surface area (Å²) in [7, 11) is -3.83. The lowest BCUT2D eigenvalue weighted by Gasteiger charge is -2.33. The highest BCUT2D eigenvalue weighted by Gasteiger charge is 2.24. The summed E-state index contributed by atoms with van der Waals surface area (Å²) in [6.07, 6.45) is 2.46. The van der Waals surface area contributed by atoms with Crippen molar-refractivity contribution in [2.75, 3.05) is 23.3 Å². The molecule has 28 heavy (non-hydrogen) atoms. The van der Waals surface area contributed by atoms with Gasteiger partial charge in [-0.25, -0.2) is 13.1 Å². The normalized spacial score (nSPS) is 18.7. The maximum absolute atomic E-state index is 12.5. The zero-order valence-electron chi connectivity index (χ0n) is 16.2. The second-order valence-electron chi connectivity index (χ2n) is 7.18. The van der Waals surface area contributed by atoms with Gasteiger partial charge < -0.3 is 10.2 Å². The van der Waals surface area contributed by atoms with E-state index in [0.717, 1.165) is 35.7 Å². The number of aromatic nitrogens is 2. The Morgan fingerprint density at radius 3 is 2.64 bits per heavy atom. The highest BCUT2D eigenvalue weighted by molar-refractivity contribution is 7.91. The molecule has 8 nitrogen and oxygen atoms in total. The van der Waals surface area contributed by atoms with Crippen LogP contribution in [0.5, 0.6) is 0 Å². The quantitative estimate of drug-likeness (QED) is 0.693. The van der Waals surface area contributed by atoms with E-state index in [2.05, 4.69) is 32.1 Å². The molecule has 0 saturated carbocycles. The van der Waals surface area contributed by atoms with Gasteiger partial charge in [0.1, 0.15) is 0 Å². The van der Waals surface area contributed by atoms with Crippen LogP contribution in [-0.2, 0) is 14.8 Å². The largest absolute Gasteiger partial charge is 0.371 e. The summed E-state index contributed by atoms with van der Waals surface area (Å²) in [5.74, 6) is 0.359. The molecule has 2 atom stereocenters. The molecule has 1 fully saturated rings. The molecule has 0 spiro atoms. The van der Waals surface area contributed by atoms with Gasteiger partial charge >= 0.3 is 0 Å². The van der Waals surface area contributed by atoms with Crippen LogP contribution in [0.2, 0.25) is 0 Å². The molecule has 1 saturated heterocycles. The maximum atomic E-state index is 12.5. The van der Waals surface area contributed by atoms with Crippen molar-refractivity contribution < 1.29 is 13.2 Å². The summed E-state index contributed by atoms with van der Waals surface area (Å²) in [6.45, 7) is 7.48. The lowest BCUT2D eigenvalue weighted by molar-refractivity contribution is -0.114. The van der Waals surface area contributed by atoms with Gasteiger partial charge in [-0.15, -0.1) is 10.2 Å². The predicted octanol–water partition coefficient (Wildman–Crippen LogP) is 2.77. The summed E-state index contributed by atoms with van der Waals surface area (Å²) in [6, 6.07) is 7.55. The average molecular weight is 424 g/mol. The molecule has 2 N–H and O–H groups in total. The fourth-order valence-corrected chi connectivity index (χ4v) is 5.46. The average Bonchev–Trinajstić information content (AvgIpc) is 3.10. The van der Waals surface area contributed by atoms with Crippen LogP contribution in [0.3, 0.4) is 0 Å². The van der Waals surface area contributed by atoms with Crippen LogP contribution in [-0.4, -0.2) is 37.6 Å². The molecule has 2 aromatic rings. The van der Waals surface area contributed by atoms with Crippen LogP contribution in [0.4, 0.5) is 10.8 Å². The molecule has 0 bridgehead atoms. The Hall–Kier alpha value is -2.04. The molecule has 0 aliphatic carbocycles. The number of hydrogen-bond donors (Lipinski definition) is 2. The maximum Gasteiger partial charge on any atom is 0.270 e. The van der Waals surface area contributed by atoms with Crippen LogP contribution < -0.4 is 14.9 Å². The zero-order chi connectivity index (χ0) is 20.3. The van der Waals surface area contributed by atoms with Gasteiger partial charge in [-0.1, -0.05) is 30.4 Å². The Morgan fingerprint density at radius 1 is 1.29 bits per heavy atom. The van der Waals surface area contributed by atoms with Crippen LogP contribution in [0.1, 0.15) is 45.2 Å². The Balaban J connectivity index is 1.67. The summed E-state index contributed by atoms with van der Waals surface area (Å²) in [5, 5.41) is 9.94. The SMILES string of the molecule is CC(=O)Nc1nnc(S(=O)(=O)N[C@@H](C)c2ccc(N3CCC[C@@H](C)C3)cc2)s1. The fraction of sp³-hybridized carbons (Fsp3) is 0.500. The summed E-state index contributed by atoms with van der Waals surface area (Å²) >= 11 is 0.815. The second-order valence-corrected chi connectivity index (χ2v) is 10.0. The molecule has 1 aromatic carbocycles. The molecule has 1 amide bonds. The third-order valence-electron chi connectivity index (χ3n) is 4.67. The van der Waals surface area contributed by atoms with E-state index in [1.165, 1.54) is 19.8 Å². The van der Waals surface area contributed by atoms with Gasteiger partial charge in [-0.3, -0.25) is 4.79 Å². The first-order valence-electron chi connectivity index (χ1n) is 9.23. The molecule has 1 aromatic heterocycles. The van der Waals surface area contributed by atoms with Gasteiger partial charge in [-0.2, -0.15) is 0 Å². The van der Waals surface area contributed by atoms with E-state index in [0.29, 0.717) is 5.92 Å². The van der Waals surface area contributed by atoms with E-state index in [1.807, 2.05) is 24.3 Å². The first kappa shape index (κ1) is 20.7. The number of piperidine rings is 1. The van der Waals surface area contributed by atoms with Gasteiger partial charge in [0.05, 0.1) is 0 Å². The van der Waals surface area contributed by atoms with E-state index in [4.69, 9.17) is 0 Å². The van der Waals surface area contributed by atoms with Crippen LogP contribution in [0.15, 0.2) is 28.6 Å². The van der Waals surface area contributed by atoms with Crippen molar-refractivity contribution in [1.29, 1.82) is 0 Å². The van der Waals surface area contributed by atoms with Crippen LogP contribution in [0.25, 0.3) is 0 Å². The van der Waals surface area contributed by atoms with E-state index in [-0.39, 0.29) is 15.4 Å². The lowest BCUT2D eigenvalue weighted by Crippen LogP contribution is -2.34. The second kappa shape index (κ2) is 8.54. The van der Waals surface area contributed by atoms with Crippen molar-refractivity contribution >= 4 is 38.1 Å². The number of amides is 1. The number of benzene rings is 1. The monoisotopic (exact) mass is 423 g/mol. The van der Waals surface area contributed by atoms with Crippen molar-refractivity contribution in [1.82, 2.24) is 14.9 Å². The molecule has 3 rings (SSSR count). The van der Waals surface area contributed by atoms with Crippen molar-refractivity contribution in [2.45, 2.75) is 44.0 Å². The van der Waals surface area contributed by atoms with Crippen molar-refractivity contribution in [2.24, 2.45) is 5.92 Å². The Morgan fingerprint density at radius 2 is 2.00 bits per heavy atom. The number of nitrogens with zero attached hydrogens (tertiary/aromatic N) is 3. The topological polar surface area (TPSA) is 104 Å². The molecule has 2 heterocycles. The number of carbonyl (C=O) groups excluding carboxylic acids is 1. The van der Waals surface area contributed by atoms with E-state index in [9.17, 15) is 13.2 Å². The minimum absolute atomic E-state index is 0.153. The number of anilines is 2. The molecule has 0 unspecified atom stereocenters. The molecule has 10 heteroatoms. The van der Waals surface area contributed by atoms with Gasteiger partial charge in [-0.05, 0) is 43.4 Å². The van der Waals surface area contributed by atoms with E-state index >= 15 is 0 Å². The van der Waals surface area contributed by atoms with Crippen molar-refractivity contribution in [3.8, 4) is 0 Å². The third kappa shape index (κ3) is 5.06. The Labute approximate surface area is 169 Å². The summed E-state index contributed by atoms with van der Waals surface area (Å²) in [5.41, 5.74) is 2.03. The van der Waals surface area contributed by atoms with Crippen molar-refractivity contribution in [3.05, 3.63) is 29.8 Å². The number of rotatable bonds is 6. The molecular weight excluding hydrogens is 398 g/mol. The minimum Gasteiger partial charge on any atom is -0.371 e. The molecule has 1 aliphatic rings. The first-order valence-corrected chi connectivity index (χ1v) is 11.5. The van der Waals surface area contributed by atoms with Gasteiger partial charge in [0.15, 0.2) is 0 Å². The number of carbonyl (C=O) groups is 1. The smallest absolute Gasteiger partial charge is 0.270 e. The standard InChI is InChI=1S/C18H25N5O3S2/c1-12-5-4-10-23(11-12)16-8-6-15(7-9-16)13(2)22-28(25,26)18-21-20-17(27-18)19-14(3)24/h6-9,12-13,22H,4-5,10-11H2,1-3H3,(H,19,20,24)/t12-,13+/m1/s1. The highest BCUT2D eigenvalue weighted by Crippen LogP contribution is 2.26. The van der Waals surface area contributed by atoms with E-state index in [1.54, 1.807) is 6.92 Å². The van der Waals surface area contributed by atoms with Crippen molar-refractivity contribution in [3.63, 3.8) is 0 Å². The summed E-state index contributed by atoms with van der Waals surface area (Å²) < 4.78 is 27.5. The molecule has 0 radical (unpaired) electrons. The molecule has 152 valence electrons. The Kier molecular flexibility index (Phi) is 6.31. The lowest BCUT2D eigenvalue weighted by atomic mass is 9.99. The zero-order valence-corrected chi connectivity index (χ0v) is 17.8. The number of hydrogen-bond acceptors (Lipinski definition) is 7.